The van der Waals surface area contributed by atoms with Crippen molar-refractivity contribution < 1.29 is 19.0 Å². The van der Waals surface area contributed by atoms with Gasteiger partial charge in [0.2, 0.25) is 11.6 Å². The molecule has 1 aliphatic heterocycles. The van der Waals surface area contributed by atoms with E-state index in [0.29, 0.717) is 27.5 Å². The van der Waals surface area contributed by atoms with Crippen molar-refractivity contribution >= 4 is 39.7 Å². The molecule has 1 aliphatic rings. The largest absolute Gasteiger partial charge is 0.481 e. The Morgan fingerprint density at radius 1 is 1.36 bits per heavy atom. The molecule has 1 amide bonds. The lowest BCUT2D eigenvalue weighted by Gasteiger charge is -2.16. The second kappa shape index (κ2) is 6.95. The lowest BCUT2D eigenvalue weighted by atomic mass is 10.2. The van der Waals surface area contributed by atoms with Crippen LogP contribution < -0.4 is 25.2 Å². The highest BCUT2D eigenvalue weighted by molar-refractivity contribution is 7.71. The monoisotopic (exact) mass is 419 g/mol. The zero-order valence-electron chi connectivity index (χ0n) is 15.3. The highest BCUT2D eigenvalue weighted by Crippen LogP contribution is 2.35. The molecule has 28 heavy (non-hydrogen) atoms. The molecule has 1 unspecified atom stereocenters. The number of aromatic amines is 1. The molecule has 1 atom stereocenters. The normalized spacial score (nSPS) is 13.5. The first-order chi connectivity index (χ1) is 13.3. The smallest absolute Gasteiger partial charge is 0.282 e. The number of nitrogens with zero attached hydrogens (tertiary/aromatic N) is 1. The third-order valence-corrected chi connectivity index (χ3v) is 5.88. The number of benzene rings is 1. The molecule has 0 spiro atoms. The van der Waals surface area contributed by atoms with Crippen molar-refractivity contribution in [3.05, 3.63) is 43.8 Å². The van der Waals surface area contributed by atoms with Gasteiger partial charge in [-0.25, -0.2) is 0 Å². The number of thiophene rings is 1. The number of aryl methyl sites for hydroxylation is 2. The summed E-state index contributed by atoms with van der Waals surface area (Å²) in [5, 5.41) is 0.515. The van der Waals surface area contributed by atoms with E-state index in [1.165, 1.54) is 11.3 Å². The van der Waals surface area contributed by atoms with Gasteiger partial charge in [-0.2, -0.15) is 4.68 Å². The number of rotatable bonds is 4. The number of carbonyl (C=O) groups excluding carboxylic acids is 1. The molecule has 3 aromatic rings. The van der Waals surface area contributed by atoms with Crippen LogP contribution in [0.4, 0.5) is 0 Å². The number of hydrogen-bond donors (Lipinski definition) is 2. The predicted octanol–water partition coefficient (Wildman–Crippen LogP) is 3.00. The fourth-order valence-corrected chi connectivity index (χ4v) is 4.19. The molecule has 0 bridgehead atoms. The van der Waals surface area contributed by atoms with Crippen molar-refractivity contribution in [2.75, 3.05) is 12.2 Å². The molecule has 1 aromatic carbocycles. The summed E-state index contributed by atoms with van der Waals surface area (Å²) in [5.74, 6) is 1.11. The van der Waals surface area contributed by atoms with E-state index >= 15 is 0 Å². The van der Waals surface area contributed by atoms with Crippen LogP contribution in [0.15, 0.2) is 23.0 Å². The Morgan fingerprint density at radius 2 is 2.11 bits per heavy atom. The van der Waals surface area contributed by atoms with E-state index in [0.717, 1.165) is 15.1 Å². The van der Waals surface area contributed by atoms with Crippen LogP contribution in [0, 0.1) is 18.6 Å². The molecule has 146 valence electrons. The summed E-state index contributed by atoms with van der Waals surface area (Å²) < 4.78 is 17.4. The molecule has 0 radical (unpaired) electrons. The van der Waals surface area contributed by atoms with E-state index in [1.807, 2.05) is 13.8 Å². The Labute approximate surface area is 168 Å². The summed E-state index contributed by atoms with van der Waals surface area (Å²) in [6.45, 7) is 5.53. The van der Waals surface area contributed by atoms with Crippen LogP contribution in [0.1, 0.15) is 17.4 Å². The number of nitrogens with one attached hydrogen (secondary N) is 2. The Bertz CT molecular complexity index is 1210. The van der Waals surface area contributed by atoms with Gasteiger partial charge in [-0.05, 0) is 50.7 Å². The van der Waals surface area contributed by atoms with E-state index in [2.05, 4.69) is 10.4 Å². The first-order valence-corrected chi connectivity index (χ1v) is 9.70. The third kappa shape index (κ3) is 3.14. The number of fused-ring (bicyclic) bond motifs is 2. The van der Waals surface area contributed by atoms with Crippen molar-refractivity contribution in [2.45, 2.75) is 26.9 Å². The van der Waals surface area contributed by atoms with Gasteiger partial charge >= 0.3 is 0 Å². The summed E-state index contributed by atoms with van der Waals surface area (Å²) in [6, 6.07) is 5.03. The average Bonchev–Trinajstić information content (AvgIpc) is 3.22. The molecular weight excluding hydrogens is 402 g/mol. The molecule has 4 rings (SSSR count). The SMILES string of the molecule is Cc1sc2[nH]c(=S)n(NC(=O)C(C)Oc3ccc4c(c3)OCO4)c(=O)c2c1C. The molecule has 3 heterocycles. The molecule has 0 saturated heterocycles. The number of aromatic nitrogens is 2. The van der Waals surface area contributed by atoms with Gasteiger partial charge in [0.1, 0.15) is 10.6 Å². The van der Waals surface area contributed by atoms with E-state index in [-0.39, 0.29) is 17.1 Å². The number of carbonyl (C=O) groups is 1. The molecule has 2 N–H and O–H groups in total. The highest BCUT2D eigenvalue weighted by atomic mass is 32.1. The summed E-state index contributed by atoms with van der Waals surface area (Å²) >= 11 is 6.69. The number of H-pyrrole nitrogens is 1. The van der Waals surface area contributed by atoms with Gasteiger partial charge < -0.3 is 19.2 Å². The molecule has 0 saturated carbocycles. The van der Waals surface area contributed by atoms with Gasteiger partial charge in [0.25, 0.3) is 11.5 Å². The molecule has 0 aliphatic carbocycles. The van der Waals surface area contributed by atoms with Crippen LogP contribution in [0.2, 0.25) is 0 Å². The van der Waals surface area contributed by atoms with Crippen LogP contribution in [0.3, 0.4) is 0 Å². The van der Waals surface area contributed by atoms with Crippen LogP contribution in [0.25, 0.3) is 10.2 Å². The topological polar surface area (TPSA) is 94.6 Å². The van der Waals surface area contributed by atoms with Gasteiger partial charge in [0.05, 0.1) is 5.39 Å². The highest BCUT2D eigenvalue weighted by Gasteiger charge is 2.20. The Balaban J connectivity index is 1.57. The van der Waals surface area contributed by atoms with Crippen molar-refractivity contribution in [1.29, 1.82) is 0 Å². The van der Waals surface area contributed by atoms with E-state index < -0.39 is 12.0 Å². The maximum Gasteiger partial charge on any atom is 0.282 e. The molecule has 0 fully saturated rings. The molecule has 10 heteroatoms. The summed E-state index contributed by atoms with van der Waals surface area (Å²) in [5.41, 5.74) is 3.03. The Kier molecular flexibility index (Phi) is 4.60. The summed E-state index contributed by atoms with van der Waals surface area (Å²) in [4.78, 5) is 30.1. The molecule has 8 nitrogen and oxygen atoms in total. The zero-order valence-corrected chi connectivity index (χ0v) is 17.0. The van der Waals surface area contributed by atoms with Gasteiger partial charge in [0.15, 0.2) is 17.6 Å². The van der Waals surface area contributed by atoms with Crippen LogP contribution in [-0.4, -0.2) is 28.5 Å². The maximum absolute atomic E-state index is 12.8. The summed E-state index contributed by atoms with van der Waals surface area (Å²) in [7, 11) is 0. The number of amides is 1. The fraction of sp³-hybridized carbons (Fsp3) is 0.278. The average molecular weight is 419 g/mol. The van der Waals surface area contributed by atoms with E-state index in [1.54, 1.807) is 25.1 Å². The maximum atomic E-state index is 12.8. The van der Waals surface area contributed by atoms with Gasteiger partial charge in [0, 0.05) is 10.9 Å². The Hall–Kier alpha value is -2.85. The van der Waals surface area contributed by atoms with Crippen LogP contribution in [0.5, 0.6) is 17.2 Å². The van der Waals surface area contributed by atoms with Crippen molar-refractivity contribution in [2.24, 2.45) is 0 Å². The van der Waals surface area contributed by atoms with E-state index in [4.69, 9.17) is 26.4 Å². The number of hydrogen-bond acceptors (Lipinski definition) is 7. The quantitative estimate of drug-likeness (QED) is 0.632. The second-order valence-electron chi connectivity index (χ2n) is 6.31. The van der Waals surface area contributed by atoms with E-state index in [9.17, 15) is 9.59 Å². The minimum atomic E-state index is -0.873. The van der Waals surface area contributed by atoms with Crippen molar-refractivity contribution in [3.8, 4) is 17.2 Å². The standard InChI is InChI=1S/C18H17N3O5S2/c1-8-10(3)28-16-14(8)17(23)21(18(27)19-16)20-15(22)9(2)26-11-4-5-12-13(6-11)25-7-24-12/h4-6,9H,7H2,1-3H3,(H,19,27)(H,20,22). The van der Waals surface area contributed by atoms with Crippen LogP contribution >= 0.6 is 23.6 Å². The first kappa shape index (κ1) is 18.5. The molecular formula is C18H17N3O5S2. The fourth-order valence-electron chi connectivity index (χ4n) is 2.84. The minimum absolute atomic E-state index is 0.113. The third-order valence-electron chi connectivity index (χ3n) is 4.47. The number of ether oxygens (including phenoxy) is 3. The van der Waals surface area contributed by atoms with Gasteiger partial charge in [-0.3, -0.25) is 15.0 Å². The predicted molar refractivity (Wildman–Crippen MR) is 108 cm³/mol. The van der Waals surface area contributed by atoms with Crippen molar-refractivity contribution in [3.63, 3.8) is 0 Å². The zero-order chi connectivity index (χ0) is 20.0. The lowest BCUT2D eigenvalue weighted by Crippen LogP contribution is -2.40. The molecule has 2 aromatic heterocycles. The van der Waals surface area contributed by atoms with Crippen molar-refractivity contribution in [1.82, 2.24) is 9.66 Å². The van der Waals surface area contributed by atoms with Gasteiger partial charge in [-0.1, -0.05) is 0 Å². The summed E-state index contributed by atoms with van der Waals surface area (Å²) in [6.07, 6.45) is -0.873. The van der Waals surface area contributed by atoms with Gasteiger partial charge in [-0.15, -0.1) is 11.3 Å². The Morgan fingerprint density at radius 3 is 2.89 bits per heavy atom. The first-order valence-electron chi connectivity index (χ1n) is 8.47. The minimum Gasteiger partial charge on any atom is -0.481 e. The lowest BCUT2D eigenvalue weighted by molar-refractivity contribution is -0.123. The second-order valence-corrected chi connectivity index (χ2v) is 7.92. The van der Waals surface area contributed by atoms with Crippen LogP contribution in [-0.2, 0) is 4.79 Å².